The molecule has 2 aromatic rings. The summed E-state index contributed by atoms with van der Waals surface area (Å²) in [4.78, 5) is 0. The van der Waals surface area contributed by atoms with Crippen LogP contribution in [-0.4, -0.2) is 17.9 Å². The summed E-state index contributed by atoms with van der Waals surface area (Å²) in [5.74, 6) is 1.70. The topological polar surface area (TPSA) is 44.5 Å². The molecule has 1 heterocycles. The highest BCUT2D eigenvalue weighted by atomic mass is 16.5. The Bertz CT molecular complexity index is 667. The average Bonchev–Trinajstić information content (AvgIpc) is 3.17. The molecule has 0 spiro atoms. The van der Waals surface area contributed by atoms with Gasteiger partial charge in [-0.2, -0.15) is 0 Å². The summed E-state index contributed by atoms with van der Waals surface area (Å²) in [6.07, 6.45) is 5.34. The molecule has 4 heteroatoms. The maximum absolute atomic E-state index is 6.27. The van der Waals surface area contributed by atoms with Gasteiger partial charge in [-0.3, -0.25) is 0 Å². The Hall–Kier alpha value is -1.81. The van der Waals surface area contributed by atoms with E-state index in [1.165, 1.54) is 25.7 Å². The van der Waals surface area contributed by atoms with E-state index in [1.807, 2.05) is 20.8 Å². The number of nitrogens with zero attached hydrogens (tertiary/aromatic N) is 1. The van der Waals surface area contributed by atoms with Crippen LogP contribution in [0.4, 0.5) is 0 Å². The molecule has 1 atom stereocenters. The van der Waals surface area contributed by atoms with Gasteiger partial charge in [0.2, 0.25) is 0 Å². The van der Waals surface area contributed by atoms with Crippen LogP contribution in [0.15, 0.2) is 22.7 Å². The first-order valence-electron chi connectivity index (χ1n) is 8.95. The molecule has 1 unspecified atom stereocenters. The summed E-state index contributed by atoms with van der Waals surface area (Å²) in [5.41, 5.74) is 4.17. The van der Waals surface area contributed by atoms with Gasteiger partial charge in [0.1, 0.15) is 11.5 Å². The van der Waals surface area contributed by atoms with Crippen LogP contribution in [0, 0.1) is 13.8 Å². The molecule has 0 aliphatic heterocycles. The number of benzene rings is 1. The van der Waals surface area contributed by atoms with Crippen molar-refractivity contribution in [1.29, 1.82) is 0 Å². The van der Waals surface area contributed by atoms with Gasteiger partial charge in [0.05, 0.1) is 24.5 Å². The Morgan fingerprint density at radius 3 is 2.58 bits per heavy atom. The van der Waals surface area contributed by atoms with E-state index in [9.17, 15) is 0 Å². The lowest BCUT2D eigenvalue weighted by molar-refractivity contribution is 0.000933. The van der Waals surface area contributed by atoms with Crippen molar-refractivity contribution in [2.24, 2.45) is 0 Å². The van der Waals surface area contributed by atoms with Crippen molar-refractivity contribution in [2.45, 2.75) is 65.6 Å². The number of aromatic nitrogens is 1. The summed E-state index contributed by atoms with van der Waals surface area (Å²) in [6.45, 7) is 8.68. The third kappa shape index (κ3) is 3.64. The predicted octanol–water partition coefficient (Wildman–Crippen LogP) is 5.38. The molecule has 4 nitrogen and oxygen atoms in total. The van der Waals surface area contributed by atoms with Gasteiger partial charge >= 0.3 is 0 Å². The first kappa shape index (κ1) is 17.0. The zero-order valence-corrected chi connectivity index (χ0v) is 15.1. The predicted molar refractivity (Wildman–Crippen MR) is 94.3 cm³/mol. The molecular weight excluding hydrogens is 302 g/mol. The third-order valence-corrected chi connectivity index (χ3v) is 4.73. The van der Waals surface area contributed by atoms with E-state index in [-0.39, 0.29) is 6.10 Å². The molecule has 1 aliphatic rings. The van der Waals surface area contributed by atoms with E-state index in [4.69, 9.17) is 14.0 Å². The van der Waals surface area contributed by atoms with Crippen molar-refractivity contribution < 1.29 is 14.0 Å². The number of ether oxygens (including phenoxy) is 2. The minimum atomic E-state index is 0.0488. The molecule has 0 amide bonds. The molecule has 1 fully saturated rings. The maximum Gasteiger partial charge on any atom is 0.141 e. The van der Waals surface area contributed by atoms with Gasteiger partial charge < -0.3 is 14.0 Å². The first-order valence-corrected chi connectivity index (χ1v) is 8.95. The van der Waals surface area contributed by atoms with Crippen LogP contribution >= 0.6 is 0 Å². The summed E-state index contributed by atoms with van der Waals surface area (Å²) in [5, 5.41) is 4.08. The van der Waals surface area contributed by atoms with Crippen molar-refractivity contribution in [3.8, 4) is 16.9 Å². The van der Waals surface area contributed by atoms with Crippen LogP contribution in [0.1, 0.15) is 62.7 Å². The second-order valence-corrected chi connectivity index (χ2v) is 6.61. The lowest BCUT2D eigenvalue weighted by atomic mass is 9.99. The Labute approximate surface area is 144 Å². The largest absolute Gasteiger partial charge is 0.494 e. The Balaban J connectivity index is 1.93. The van der Waals surface area contributed by atoms with E-state index in [0.29, 0.717) is 12.7 Å². The van der Waals surface area contributed by atoms with Crippen LogP contribution in [0.2, 0.25) is 0 Å². The molecule has 0 radical (unpaired) electrons. The number of rotatable bonds is 6. The van der Waals surface area contributed by atoms with Gasteiger partial charge in [-0.25, -0.2) is 0 Å². The van der Waals surface area contributed by atoms with Crippen LogP contribution in [-0.2, 0) is 4.74 Å². The molecule has 1 aromatic heterocycles. The molecule has 130 valence electrons. The fourth-order valence-electron chi connectivity index (χ4n) is 3.54. The fourth-order valence-corrected chi connectivity index (χ4v) is 3.54. The number of hydrogen-bond acceptors (Lipinski definition) is 4. The molecule has 1 aromatic carbocycles. The Kier molecular flexibility index (Phi) is 5.24. The zero-order valence-electron chi connectivity index (χ0n) is 15.1. The highest BCUT2D eigenvalue weighted by molar-refractivity contribution is 5.70. The molecule has 0 bridgehead atoms. The van der Waals surface area contributed by atoms with E-state index >= 15 is 0 Å². The van der Waals surface area contributed by atoms with Crippen LogP contribution < -0.4 is 4.74 Å². The number of aryl methyl sites for hydroxylation is 2. The normalized spacial score (nSPS) is 16.5. The minimum Gasteiger partial charge on any atom is -0.494 e. The molecule has 3 rings (SSSR count). The van der Waals surface area contributed by atoms with Crippen molar-refractivity contribution >= 4 is 0 Å². The Morgan fingerprint density at radius 2 is 1.96 bits per heavy atom. The van der Waals surface area contributed by atoms with Gasteiger partial charge in [-0.1, -0.05) is 18.0 Å². The zero-order chi connectivity index (χ0) is 17.1. The summed E-state index contributed by atoms with van der Waals surface area (Å²) in [7, 11) is 0. The lowest BCUT2D eigenvalue weighted by Crippen LogP contribution is -2.11. The molecule has 1 aliphatic carbocycles. The maximum atomic E-state index is 6.27. The molecular formula is C20H27NO3. The summed E-state index contributed by atoms with van der Waals surface area (Å²) in [6, 6.07) is 6.32. The standard InChI is InChI=1S/C20H27NO3/c1-5-22-19-11-16(14(3)23-18-8-6-7-9-18)10-17(12-19)20-13(2)21-24-15(20)4/h10-12,14,18H,5-9H2,1-4H3. The quantitative estimate of drug-likeness (QED) is 0.714. The summed E-state index contributed by atoms with van der Waals surface area (Å²) >= 11 is 0. The van der Waals surface area contributed by atoms with Crippen molar-refractivity contribution in [2.75, 3.05) is 6.61 Å². The van der Waals surface area contributed by atoms with Crippen molar-refractivity contribution in [3.63, 3.8) is 0 Å². The van der Waals surface area contributed by atoms with E-state index in [1.54, 1.807) is 0 Å². The monoisotopic (exact) mass is 329 g/mol. The van der Waals surface area contributed by atoms with Crippen LogP contribution in [0.3, 0.4) is 0 Å². The molecule has 0 N–H and O–H groups in total. The van der Waals surface area contributed by atoms with Crippen LogP contribution in [0.5, 0.6) is 5.75 Å². The number of hydrogen-bond donors (Lipinski definition) is 0. The van der Waals surface area contributed by atoms with E-state index < -0.39 is 0 Å². The SMILES string of the molecule is CCOc1cc(-c2c(C)noc2C)cc(C(C)OC2CCCC2)c1. The van der Waals surface area contributed by atoms with E-state index in [0.717, 1.165) is 33.9 Å². The second-order valence-electron chi connectivity index (χ2n) is 6.61. The van der Waals surface area contributed by atoms with Gasteiger partial charge in [0.15, 0.2) is 0 Å². The van der Waals surface area contributed by atoms with Gasteiger partial charge in [0, 0.05) is 5.56 Å². The molecule has 0 saturated heterocycles. The average molecular weight is 329 g/mol. The smallest absolute Gasteiger partial charge is 0.141 e. The second kappa shape index (κ2) is 7.39. The minimum absolute atomic E-state index is 0.0488. The first-order chi connectivity index (χ1) is 11.6. The molecule has 1 saturated carbocycles. The van der Waals surface area contributed by atoms with Gasteiger partial charge in [-0.05, 0) is 69.9 Å². The highest BCUT2D eigenvalue weighted by Gasteiger charge is 2.21. The van der Waals surface area contributed by atoms with Crippen molar-refractivity contribution in [3.05, 3.63) is 35.2 Å². The fraction of sp³-hybridized carbons (Fsp3) is 0.550. The Morgan fingerprint density at radius 1 is 1.21 bits per heavy atom. The summed E-state index contributed by atoms with van der Waals surface area (Å²) < 4.78 is 17.4. The van der Waals surface area contributed by atoms with Crippen molar-refractivity contribution in [1.82, 2.24) is 5.16 Å². The van der Waals surface area contributed by atoms with Crippen LogP contribution in [0.25, 0.3) is 11.1 Å². The third-order valence-electron chi connectivity index (χ3n) is 4.73. The lowest BCUT2D eigenvalue weighted by Gasteiger charge is -2.20. The highest BCUT2D eigenvalue weighted by Crippen LogP contribution is 2.35. The van der Waals surface area contributed by atoms with Gasteiger partial charge in [0.25, 0.3) is 0 Å². The van der Waals surface area contributed by atoms with Gasteiger partial charge in [-0.15, -0.1) is 0 Å². The van der Waals surface area contributed by atoms with E-state index in [2.05, 4.69) is 30.3 Å². The molecule has 24 heavy (non-hydrogen) atoms.